The van der Waals surface area contributed by atoms with E-state index in [-0.39, 0.29) is 144 Å². The van der Waals surface area contributed by atoms with E-state index in [9.17, 15) is 65.5 Å². The molecule has 6 N–H and O–H groups in total. The second-order valence-electron chi connectivity index (χ2n) is 29.1. The first kappa shape index (κ1) is 86.9. The van der Waals surface area contributed by atoms with Gasteiger partial charge in [0.1, 0.15) is 11.7 Å². The molecule has 11 atom stereocenters. The first-order valence-corrected chi connectivity index (χ1v) is 36.3. The lowest BCUT2D eigenvalue weighted by atomic mass is 9.83. The maximum atomic E-state index is 14.7. The number of esters is 1. The number of nitrogens with zero attached hydrogens (tertiary/aromatic N) is 3. The topological polar surface area (TPSA) is 301 Å². The predicted molar refractivity (Wildman–Crippen MR) is 383 cm³/mol. The summed E-state index contributed by atoms with van der Waals surface area (Å²) in [5, 5.41) is 11.1. The van der Waals surface area contributed by atoms with Gasteiger partial charge in [0.25, 0.3) is 0 Å². The number of urea groups is 1. The lowest BCUT2D eigenvalue weighted by Gasteiger charge is -2.41. The largest absolute Gasteiger partial charge is 0.420 e. The molecule has 104 heavy (non-hydrogen) atoms. The number of likely N-dealkylation sites (tertiary alicyclic amines) is 1. The van der Waals surface area contributed by atoms with Crippen LogP contribution in [0.4, 0.5) is 28.0 Å². The number of nitrogens with one attached hydrogen (secondary N) is 4. The SMILES string of the molecule is CC[C@H](C)[C@@H]([C@@H](CC(=O)N1CCC[C@H]1[C@H](OC)[C@@H](C)C(=O)C[C@@H](Cc1ccccc1)C(=O)NCc1ccc(NC(=O)[C@H](CCCNC(N)=O)CC(=O)[C@@H](NC(=O)CCCC2OCC(C(=O)Oc3c(F)c(C)c(F)c(F)c3F)CO2)C(C)C)cc1)OC)N(C)C(=O)[C@@H](CC(=O)[C@H](C(C)C)N(C)C)C(C)C. The number of carbonyl (C=O) groups is 10. The fourth-order valence-corrected chi connectivity index (χ4v) is 14.1. The first-order valence-electron chi connectivity index (χ1n) is 36.3. The summed E-state index contributed by atoms with van der Waals surface area (Å²) in [7, 11) is 8.54. The van der Waals surface area contributed by atoms with Crippen molar-refractivity contribution >= 4 is 64.6 Å². The summed E-state index contributed by atoms with van der Waals surface area (Å²) in [4.78, 5) is 143. The van der Waals surface area contributed by atoms with Gasteiger partial charge in [0, 0.05) is 102 Å². The van der Waals surface area contributed by atoms with Crippen LogP contribution in [-0.4, -0.2) is 178 Å². The maximum absolute atomic E-state index is 14.7. The van der Waals surface area contributed by atoms with Crippen LogP contribution in [0.5, 0.6) is 5.75 Å². The standard InChI is InChI=1S/C77H112F4N8O15/c1-16-46(8)70(88(13)75(97)55(43(2)3)38-59(92)69(45(6)7)87(11)12)60(100-14)39-62(94)89-34-22-26-56(89)71(101-15)47(9)57(90)37-52(35-49-23-18-17-19-24-49)73(95)84-40-50-29-31-54(32-30-50)85-74(96)51(25-21-33-83-77(82)99)36-58(91)68(44(4)5)86-61(93)27-20-28-63-102-41-53(42-103-63)76(98)104-72-65(79)48(10)64(78)66(80)67(72)81/h17-19,23-24,29-32,43-47,51-53,55-56,60,63,68-71H,16,20-22,25-28,33-42H2,1-15H3,(H,84,95)(H,85,96)(H,86,93)(H3,82,83,99)/t46-,47-,51+,52+,53?,55-,56-,60+,63?,68-,69-,70-,71+/m0/s1. The second-order valence-corrected chi connectivity index (χ2v) is 29.1. The van der Waals surface area contributed by atoms with E-state index in [0.29, 0.717) is 37.1 Å². The van der Waals surface area contributed by atoms with E-state index in [1.54, 1.807) is 69.0 Å². The maximum Gasteiger partial charge on any atom is 0.319 e. The molecule has 0 aliphatic carbocycles. The number of hydrogen-bond donors (Lipinski definition) is 5. The van der Waals surface area contributed by atoms with Gasteiger partial charge in [-0.2, -0.15) is 4.39 Å². The van der Waals surface area contributed by atoms with Gasteiger partial charge in [-0.15, -0.1) is 0 Å². The van der Waals surface area contributed by atoms with E-state index in [4.69, 9.17) is 29.4 Å². The number of ketones is 3. The van der Waals surface area contributed by atoms with Crippen LogP contribution in [0.25, 0.3) is 0 Å². The Kier molecular flexibility index (Phi) is 35.0. The molecule has 0 saturated carbocycles. The Morgan fingerprint density at radius 2 is 1.35 bits per heavy atom. The molecule has 578 valence electrons. The highest BCUT2D eigenvalue weighted by atomic mass is 19.2. The number of ether oxygens (including phenoxy) is 5. The quantitative estimate of drug-likeness (QED) is 0.00880. The average Bonchev–Trinajstić information content (AvgIpc) is 1.04. The zero-order valence-electron chi connectivity index (χ0n) is 63.2. The van der Waals surface area contributed by atoms with Crippen LogP contribution in [0, 0.1) is 83.5 Å². The molecule has 2 heterocycles. The summed E-state index contributed by atoms with van der Waals surface area (Å²) in [5.74, 6) is -17.1. The number of hydrogen-bond acceptors (Lipinski definition) is 16. The normalized spacial score (nSPS) is 18.3. The summed E-state index contributed by atoms with van der Waals surface area (Å²) in [6.45, 7) is 18.0. The molecule has 2 fully saturated rings. The van der Waals surface area contributed by atoms with Crippen LogP contribution in [0.15, 0.2) is 54.6 Å². The third-order valence-corrected chi connectivity index (χ3v) is 20.2. The lowest BCUT2D eigenvalue weighted by Crippen LogP contribution is -2.54. The van der Waals surface area contributed by atoms with Crippen LogP contribution >= 0.6 is 0 Å². The number of nitrogens with two attached hydrogens (primary N) is 1. The molecule has 5 rings (SSSR count). The van der Waals surface area contributed by atoms with E-state index in [2.05, 4.69) is 21.3 Å². The van der Waals surface area contributed by atoms with Crippen molar-refractivity contribution in [2.24, 2.45) is 59.0 Å². The third kappa shape index (κ3) is 24.7. The van der Waals surface area contributed by atoms with E-state index in [0.717, 1.165) is 12.5 Å². The molecular formula is C77H112F4N8O15. The van der Waals surface area contributed by atoms with Gasteiger partial charge >= 0.3 is 12.0 Å². The Bertz CT molecular complexity index is 3340. The summed E-state index contributed by atoms with van der Waals surface area (Å²) >= 11 is 0. The van der Waals surface area contributed by atoms with Crippen LogP contribution in [-0.2, 0) is 75.1 Å². The van der Waals surface area contributed by atoms with Gasteiger partial charge in [0.15, 0.2) is 35.3 Å². The molecule has 3 aromatic rings. The highest BCUT2D eigenvalue weighted by Crippen LogP contribution is 2.34. The highest BCUT2D eigenvalue weighted by molar-refractivity contribution is 5.97. The Hall–Kier alpha value is -7.72. The van der Waals surface area contributed by atoms with E-state index < -0.39 is 136 Å². The Balaban J connectivity index is 1.19. The van der Waals surface area contributed by atoms with Gasteiger partial charge in [0.2, 0.25) is 41.1 Å². The molecule has 0 radical (unpaired) electrons. The van der Waals surface area contributed by atoms with Crippen molar-refractivity contribution in [2.45, 2.75) is 202 Å². The van der Waals surface area contributed by atoms with E-state index in [1.807, 2.05) is 90.9 Å². The number of halogens is 4. The lowest BCUT2D eigenvalue weighted by molar-refractivity contribution is -0.208. The minimum absolute atomic E-state index is 0.000956. The molecule has 0 unspecified atom stereocenters. The number of carbonyl (C=O) groups excluding carboxylic acids is 10. The number of amides is 7. The molecule has 2 aliphatic rings. The zero-order chi connectivity index (χ0) is 77.4. The van der Waals surface area contributed by atoms with Crippen LogP contribution in [0.3, 0.4) is 0 Å². The van der Waals surface area contributed by atoms with Crippen LogP contribution < -0.4 is 31.7 Å². The number of Topliss-reactive ketones (excluding diaryl/α,β-unsaturated/α-hetero) is 3. The van der Waals surface area contributed by atoms with E-state index >= 15 is 0 Å². The number of benzene rings is 3. The molecule has 2 aliphatic heterocycles. The van der Waals surface area contributed by atoms with Crippen molar-refractivity contribution in [3.05, 3.63) is 94.6 Å². The smallest absolute Gasteiger partial charge is 0.319 e. The number of primary amides is 1. The average molecular weight is 1470 g/mol. The Labute approximate surface area is 610 Å². The molecular weight excluding hydrogens is 1350 g/mol. The second kappa shape index (κ2) is 41.8. The third-order valence-electron chi connectivity index (χ3n) is 20.2. The van der Waals surface area contributed by atoms with Gasteiger partial charge in [-0.3, -0.25) is 48.1 Å². The fraction of sp³-hybridized carbons (Fsp3) is 0.636. The van der Waals surface area contributed by atoms with Gasteiger partial charge in [-0.05, 0) is 113 Å². The van der Waals surface area contributed by atoms with Crippen molar-refractivity contribution < 1.29 is 89.2 Å². The van der Waals surface area contributed by atoms with E-state index in [1.165, 1.54) is 7.11 Å². The number of methoxy groups -OCH3 is 2. The van der Waals surface area contributed by atoms with Crippen LogP contribution in [0.2, 0.25) is 0 Å². The molecule has 0 aromatic heterocycles. The van der Waals surface area contributed by atoms with Gasteiger partial charge in [-0.1, -0.05) is 111 Å². The highest BCUT2D eigenvalue weighted by Gasteiger charge is 2.44. The fourth-order valence-electron chi connectivity index (χ4n) is 14.1. The Morgan fingerprint density at radius 1 is 0.702 bits per heavy atom. The summed E-state index contributed by atoms with van der Waals surface area (Å²) in [6, 6.07) is 12.9. The summed E-state index contributed by atoms with van der Waals surface area (Å²) < 4.78 is 84.6. The molecule has 23 nitrogen and oxygen atoms in total. The van der Waals surface area contributed by atoms with Crippen molar-refractivity contribution in [2.75, 3.05) is 67.0 Å². The van der Waals surface area contributed by atoms with Gasteiger partial charge < -0.3 is 60.5 Å². The number of likely N-dealkylation sites (N-methyl/N-ethyl adjacent to an activating group) is 2. The Morgan fingerprint density at radius 3 is 1.92 bits per heavy atom. The summed E-state index contributed by atoms with van der Waals surface area (Å²) in [5.41, 5.74) is 6.29. The van der Waals surface area contributed by atoms with Gasteiger partial charge in [0.05, 0.1) is 56.0 Å². The summed E-state index contributed by atoms with van der Waals surface area (Å²) in [6.07, 6.45) is 0.178. The van der Waals surface area contributed by atoms with Crippen molar-refractivity contribution in [1.29, 1.82) is 0 Å². The van der Waals surface area contributed by atoms with Crippen molar-refractivity contribution in [3.8, 4) is 5.75 Å². The molecule has 2 saturated heterocycles. The molecule has 0 bridgehead atoms. The molecule has 0 spiro atoms. The monoisotopic (exact) mass is 1460 g/mol. The number of rotatable bonds is 42. The van der Waals surface area contributed by atoms with Crippen LogP contribution in [0.1, 0.15) is 156 Å². The molecule has 7 amide bonds. The van der Waals surface area contributed by atoms with Crippen molar-refractivity contribution in [1.82, 2.24) is 30.7 Å². The molecule has 27 heteroatoms. The number of anilines is 1. The minimum Gasteiger partial charge on any atom is -0.420 e. The van der Waals surface area contributed by atoms with Gasteiger partial charge in [-0.25, -0.2) is 18.0 Å². The van der Waals surface area contributed by atoms with Crippen molar-refractivity contribution in [3.63, 3.8) is 0 Å². The zero-order valence-corrected chi connectivity index (χ0v) is 63.2. The minimum atomic E-state index is -2.00. The predicted octanol–water partition coefficient (Wildman–Crippen LogP) is 9.59. The first-order chi connectivity index (χ1) is 49.1. The molecule has 3 aromatic carbocycles.